The molecule has 5 nitrogen and oxygen atoms in total. The van der Waals surface area contributed by atoms with Crippen LogP contribution in [0, 0.1) is 5.92 Å². The van der Waals surface area contributed by atoms with Crippen molar-refractivity contribution >= 4 is 11.9 Å². The molecule has 1 rings (SSSR count). The van der Waals surface area contributed by atoms with Crippen LogP contribution >= 0.6 is 0 Å². The van der Waals surface area contributed by atoms with Gasteiger partial charge in [0.2, 0.25) is 5.91 Å². The number of aliphatic carboxylic acids is 1. The largest absolute Gasteiger partial charge is 0.481 e. The molecule has 0 aromatic heterocycles. The summed E-state index contributed by atoms with van der Waals surface area (Å²) in [4.78, 5) is 20.8. The molecule has 1 fully saturated rings. The molecule has 1 aliphatic heterocycles. The minimum absolute atomic E-state index is 0.0718. The van der Waals surface area contributed by atoms with Crippen molar-refractivity contribution < 1.29 is 14.7 Å². The Kier molecular flexibility index (Phi) is 1.86. The van der Waals surface area contributed by atoms with E-state index in [-0.39, 0.29) is 12.3 Å². The van der Waals surface area contributed by atoms with Gasteiger partial charge in [0.15, 0.2) is 0 Å². The van der Waals surface area contributed by atoms with Crippen molar-refractivity contribution in [2.45, 2.75) is 6.42 Å². The van der Waals surface area contributed by atoms with Gasteiger partial charge in [-0.2, -0.15) is 0 Å². The fourth-order valence-electron chi connectivity index (χ4n) is 0.794. The van der Waals surface area contributed by atoms with Crippen molar-refractivity contribution in [3.8, 4) is 0 Å². The van der Waals surface area contributed by atoms with Gasteiger partial charge < -0.3 is 5.11 Å². The molecule has 0 aliphatic carbocycles. The zero-order valence-corrected chi connectivity index (χ0v) is 5.26. The molecule has 0 spiro atoms. The number of nitrogens with one attached hydrogen (secondary N) is 2. The van der Waals surface area contributed by atoms with Gasteiger partial charge in [0.1, 0.15) is 0 Å². The second-order valence-electron chi connectivity index (χ2n) is 2.17. The summed E-state index contributed by atoms with van der Waals surface area (Å²) in [5, 5.41) is 8.44. The quantitative estimate of drug-likeness (QED) is 0.428. The summed E-state index contributed by atoms with van der Waals surface area (Å²) >= 11 is 0. The molecule has 3 N–H and O–H groups in total. The molecule has 0 aromatic rings. The second-order valence-corrected chi connectivity index (χ2v) is 2.17. The van der Waals surface area contributed by atoms with E-state index >= 15 is 0 Å². The van der Waals surface area contributed by atoms with Gasteiger partial charge in [-0.05, 0) is 0 Å². The van der Waals surface area contributed by atoms with E-state index in [1.54, 1.807) is 0 Å². The number of hydrogen-bond acceptors (Lipinski definition) is 3. The highest BCUT2D eigenvalue weighted by Crippen LogP contribution is 2.03. The van der Waals surface area contributed by atoms with Gasteiger partial charge in [-0.1, -0.05) is 0 Å². The van der Waals surface area contributed by atoms with E-state index in [0.717, 1.165) is 0 Å². The SMILES string of the molecule is O=C1C[C@H](C(=O)O)CNN1. The first-order valence-corrected chi connectivity index (χ1v) is 2.94. The average molecular weight is 144 g/mol. The Bertz CT molecular complexity index is 166. The van der Waals surface area contributed by atoms with Crippen LogP contribution in [-0.4, -0.2) is 23.5 Å². The number of carbonyl (C=O) groups excluding carboxylic acids is 1. The zero-order valence-electron chi connectivity index (χ0n) is 5.26. The van der Waals surface area contributed by atoms with E-state index < -0.39 is 11.9 Å². The number of carbonyl (C=O) groups is 2. The minimum atomic E-state index is -0.928. The second kappa shape index (κ2) is 2.66. The molecule has 1 atom stereocenters. The molecule has 56 valence electrons. The molecule has 1 amide bonds. The normalized spacial score (nSPS) is 25.6. The van der Waals surface area contributed by atoms with E-state index in [0.29, 0.717) is 6.54 Å². The first-order chi connectivity index (χ1) is 4.70. The van der Waals surface area contributed by atoms with Crippen LogP contribution in [0.5, 0.6) is 0 Å². The van der Waals surface area contributed by atoms with Crippen LogP contribution in [0.25, 0.3) is 0 Å². The minimum Gasteiger partial charge on any atom is -0.481 e. The predicted octanol–water partition coefficient (Wildman–Crippen LogP) is -1.29. The van der Waals surface area contributed by atoms with E-state index in [1.807, 2.05) is 0 Å². The lowest BCUT2D eigenvalue weighted by Gasteiger charge is -2.18. The Balaban J connectivity index is 2.47. The summed E-state index contributed by atoms with van der Waals surface area (Å²) < 4.78 is 0. The highest BCUT2D eigenvalue weighted by atomic mass is 16.4. The highest BCUT2D eigenvalue weighted by molar-refractivity contribution is 5.83. The first kappa shape index (κ1) is 7.01. The molecule has 1 aliphatic rings. The van der Waals surface area contributed by atoms with Gasteiger partial charge in [0, 0.05) is 13.0 Å². The van der Waals surface area contributed by atoms with Gasteiger partial charge in [0.05, 0.1) is 5.92 Å². The lowest BCUT2D eigenvalue weighted by molar-refractivity contribution is -0.145. The Morgan fingerprint density at radius 3 is 2.80 bits per heavy atom. The van der Waals surface area contributed by atoms with Crippen LogP contribution in [0.4, 0.5) is 0 Å². The maximum atomic E-state index is 10.5. The number of carboxylic acid groups (broad SMARTS) is 1. The molecular formula is C5H8N2O3. The molecule has 0 aromatic carbocycles. The van der Waals surface area contributed by atoms with Crippen molar-refractivity contribution in [2.75, 3.05) is 6.54 Å². The molecule has 0 saturated carbocycles. The van der Waals surface area contributed by atoms with Crippen molar-refractivity contribution in [1.82, 2.24) is 10.9 Å². The van der Waals surface area contributed by atoms with Crippen LogP contribution in [0.3, 0.4) is 0 Å². The Labute approximate surface area is 57.4 Å². The topological polar surface area (TPSA) is 78.4 Å². The fraction of sp³-hybridized carbons (Fsp3) is 0.600. The van der Waals surface area contributed by atoms with Crippen LogP contribution in [-0.2, 0) is 9.59 Å². The smallest absolute Gasteiger partial charge is 0.308 e. The molecule has 5 heteroatoms. The predicted molar refractivity (Wildman–Crippen MR) is 31.9 cm³/mol. The lowest BCUT2D eigenvalue weighted by atomic mass is 10.1. The number of amides is 1. The summed E-state index contributed by atoms with van der Waals surface area (Å²) in [6, 6.07) is 0. The van der Waals surface area contributed by atoms with Crippen LogP contribution in [0.2, 0.25) is 0 Å². The molecule has 10 heavy (non-hydrogen) atoms. The van der Waals surface area contributed by atoms with E-state index in [9.17, 15) is 9.59 Å². The van der Waals surface area contributed by atoms with Gasteiger partial charge in [-0.15, -0.1) is 0 Å². The van der Waals surface area contributed by atoms with Crippen LogP contribution in [0.15, 0.2) is 0 Å². The number of hydrazine groups is 1. The van der Waals surface area contributed by atoms with Crippen molar-refractivity contribution in [3.63, 3.8) is 0 Å². The monoisotopic (exact) mass is 144 g/mol. The summed E-state index contributed by atoms with van der Waals surface area (Å²) in [7, 11) is 0. The zero-order chi connectivity index (χ0) is 7.56. The van der Waals surface area contributed by atoms with Crippen LogP contribution in [0.1, 0.15) is 6.42 Å². The molecular weight excluding hydrogens is 136 g/mol. The molecule has 1 saturated heterocycles. The summed E-state index contributed by atoms with van der Waals surface area (Å²) in [6.07, 6.45) is 0.0718. The highest BCUT2D eigenvalue weighted by Gasteiger charge is 2.24. The first-order valence-electron chi connectivity index (χ1n) is 2.94. The maximum absolute atomic E-state index is 10.5. The van der Waals surface area contributed by atoms with E-state index in [1.165, 1.54) is 0 Å². The van der Waals surface area contributed by atoms with Gasteiger partial charge in [-0.25, -0.2) is 5.43 Å². The Morgan fingerprint density at radius 2 is 2.40 bits per heavy atom. The van der Waals surface area contributed by atoms with E-state index in [2.05, 4.69) is 10.9 Å². The Morgan fingerprint density at radius 1 is 1.70 bits per heavy atom. The number of rotatable bonds is 1. The van der Waals surface area contributed by atoms with Gasteiger partial charge in [-0.3, -0.25) is 15.0 Å². The fourth-order valence-corrected chi connectivity index (χ4v) is 0.794. The summed E-state index contributed by atoms with van der Waals surface area (Å²) in [5.74, 6) is -1.77. The van der Waals surface area contributed by atoms with Gasteiger partial charge in [0.25, 0.3) is 0 Å². The van der Waals surface area contributed by atoms with Crippen molar-refractivity contribution in [2.24, 2.45) is 5.92 Å². The maximum Gasteiger partial charge on any atom is 0.308 e. The summed E-state index contributed by atoms with van der Waals surface area (Å²) in [6.45, 7) is 0.307. The third-order valence-corrected chi connectivity index (χ3v) is 1.36. The van der Waals surface area contributed by atoms with Gasteiger partial charge >= 0.3 is 5.97 Å². The molecule has 0 unspecified atom stereocenters. The third kappa shape index (κ3) is 1.44. The third-order valence-electron chi connectivity index (χ3n) is 1.36. The number of hydrogen-bond donors (Lipinski definition) is 3. The van der Waals surface area contributed by atoms with Crippen molar-refractivity contribution in [3.05, 3.63) is 0 Å². The lowest BCUT2D eigenvalue weighted by Crippen LogP contribution is -2.48. The summed E-state index contributed by atoms with van der Waals surface area (Å²) in [5.41, 5.74) is 4.80. The molecule has 0 bridgehead atoms. The molecule has 1 heterocycles. The number of carboxylic acids is 1. The molecule has 0 radical (unpaired) electrons. The van der Waals surface area contributed by atoms with E-state index in [4.69, 9.17) is 5.11 Å². The van der Waals surface area contributed by atoms with Crippen molar-refractivity contribution in [1.29, 1.82) is 0 Å². The average Bonchev–Trinajstić information content (AvgIpc) is 1.88. The Hall–Kier alpha value is -1.10. The standard InChI is InChI=1S/C5H8N2O3/c8-4-1-3(5(9)10)2-6-7-4/h3,6H,1-2H2,(H,7,8)(H,9,10)/t3-/m0/s1. The van der Waals surface area contributed by atoms with Crippen LogP contribution < -0.4 is 10.9 Å².